The van der Waals surface area contributed by atoms with Crippen molar-refractivity contribution in [3.63, 3.8) is 0 Å². The van der Waals surface area contributed by atoms with Gasteiger partial charge in [0, 0.05) is 35.1 Å². The second-order valence-corrected chi connectivity index (χ2v) is 6.79. The molecule has 2 aromatic rings. The van der Waals surface area contributed by atoms with E-state index >= 15 is 0 Å². The van der Waals surface area contributed by atoms with E-state index in [1.54, 1.807) is 6.07 Å². The van der Waals surface area contributed by atoms with Gasteiger partial charge in [-0.1, -0.05) is 0 Å². The van der Waals surface area contributed by atoms with Crippen molar-refractivity contribution < 1.29 is 28.5 Å². The first-order chi connectivity index (χ1) is 13.4. The van der Waals surface area contributed by atoms with Gasteiger partial charge < -0.3 is 23.5 Å². The molecule has 1 aliphatic carbocycles. The number of ether oxygens (including phenoxy) is 4. The molecule has 0 radical (unpaired) electrons. The average Bonchev–Trinajstić information content (AvgIpc) is 3.48. The molecule has 1 aromatic heterocycles. The lowest BCUT2D eigenvalue weighted by molar-refractivity contribution is 0.0471. The highest BCUT2D eigenvalue weighted by molar-refractivity contribution is 6.01. The van der Waals surface area contributed by atoms with Gasteiger partial charge in [-0.2, -0.15) is 0 Å². The van der Waals surface area contributed by atoms with Crippen LogP contribution in [0.2, 0.25) is 0 Å². The highest BCUT2D eigenvalue weighted by atomic mass is 16.5. The quantitative estimate of drug-likeness (QED) is 0.510. The van der Waals surface area contributed by atoms with Crippen LogP contribution in [0.15, 0.2) is 18.2 Å². The predicted molar refractivity (Wildman–Crippen MR) is 103 cm³/mol. The summed E-state index contributed by atoms with van der Waals surface area (Å²) < 4.78 is 23.1. The fraction of sp³-hybridized carbons (Fsp3) is 0.429. The number of carbonyl (C=O) groups excluding carboxylic acids is 2. The molecule has 0 bridgehead atoms. The lowest BCUT2D eigenvalue weighted by atomic mass is 10.1. The zero-order valence-corrected chi connectivity index (χ0v) is 16.8. The maximum atomic E-state index is 12.6. The van der Waals surface area contributed by atoms with Crippen LogP contribution in [0, 0.1) is 13.8 Å². The standard InChI is InChI=1S/C21H25NO6/c1-12-8-15(13(2)22(12)14-6-7-14)17(23)11-28-21(24)16-9-19(26-4)20(27-5)10-18(16)25-3/h8-10,14H,6-7,11H2,1-5H3. The Balaban J connectivity index is 1.75. The molecule has 1 aliphatic rings. The van der Waals surface area contributed by atoms with E-state index in [1.165, 1.54) is 27.4 Å². The molecule has 1 fully saturated rings. The monoisotopic (exact) mass is 387 g/mol. The molecule has 0 aliphatic heterocycles. The van der Waals surface area contributed by atoms with E-state index in [-0.39, 0.29) is 23.7 Å². The number of rotatable bonds is 8. The zero-order valence-electron chi connectivity index (χ0n) is 16.8. The summed E-state index contributed by atoms with van der Waals surface area (Å²) in [6.45, 7) is 3.58. The van der Waals surface area contributed by atoms with E-state index in [9.17, 15) is 9.59 Å². The molecule has 1 saturated carbocycles. The summed E-state index contributed by atoms with van der Waals surface area (Å²) in [5.41, 5.74) is 2.73. The molecule has 1 heterocycles. The van der Waals surface area contributed by atoms with E-state index in [0.29, 0.717) is 23.1 Å². The minimum atomic E-state index is -0.665. The Kier molecular flexibility index (Phi) is 5.63. The third-order valence-corrected chi connectivity index (χ3v) is 4.96. The summed E-state index contributed by atoms with van der Waals surface area (Å²) in [4.78, 5) is 25.2. The Morgan fingerprint density at radius 1 is 0.929 bits per heavy atom. The van der Waals surface area contributed by atoms with Crippen molar-refractivity contribution in [2.45, 2.75) is 32.7 Å². The van der Waals surface area contributed by atoms with Crippen LogP contribution < -0.4 is 14.2 Å². The highest BCUT2D eigenvalue weighted by Gasteiger charge is 2.28. The largest absolute Gasteiger partial charge is 0.496 e. The second-order valence-electron chi connectivity index (χ2n) is 6.79. The number of nitrogens with zero attached hydrogens (tertiary/aromatic N) is 1. The number of carbonyl (C=O) groups is 2. The maximum Gasteiger partial charge on any atom is 0.342 e. The van der Waals surface area contributed by atoms with Gasteiger partial charge >= 0.3 is 5.97 Å². The molecule has 150 valence electrons. The van der Waals surface area contributed by atoms with Gasteiger partial charge in [-0.3, -0.25) is 4.79 Å². The summed E-state index contributed by atoms with van der Waals surface area (Å²) in [6, 6.07) is 5.37. The number of benzene rings is 1. The molecule has 7 heteroatoms. The average molecular weight is 387 g/mol. The zero-order chi connectivity index (χ0) is 20.4. The van der Waals surface area contributed by atoms with Gasteiger partial charge in [0.1, 0.15) is 11.3 Å². The van der Waals surface area contributed by atoms with Crippen LogP contribution >= 0.6 is 0 Å². The van der Waals surface area contributed by atoms with Crippen LogP contribution in [0.5, 0.6) is 17.2 Å². The molecule has 1 aromatic carbocycles. The molecule has 0 atom stereocenters. The molecule has 0 N–H and O–H groups in total. The molecule has 28 heavy (non-hydrogen) atoms. The second kappa shape index (κ2) is 7.96. The SMILES string of the molecule is COc1cc(OC)c(C(=O)OCC(=O)c2cc(C)n(C3CC3)c2C)cc1OC. The minimum absolute atomic E-state index is 0.163. The van der Waals surface area contributed by atoms with E-state index in [2.05, 4.69) is 4.57 Å². The van der Waals surface area contributed by atoms with Crippen molar-refractivity contribution in [1.82, 2.24) is 4.57 Å². The van der Waals surface area contributed by atoms with Crippen molar-refractivity contribution in [3.05, 3.63) is 40.7 Å². The van der Waals surface area contributed by atoms with Gasteiger partial charge in [-0.05, 0) is 32.8 Å². The van der Waals surface area contributed by atoms with Gasteiger partial charge in [-0.25, -0.2) is 4.79 Å². The maximum absolute atomic E-state index is 12.6. The Labute approximate surface area is 164 Å². The van der Waals surface area contributed by atoms with Crippen LogP contribution in [0.25, 0.3) is 0 Å². The number of Topliss-reactive ketones (excluding diaryl/α,β-unsaturated/α-hetero) is 1. The Morgan fingerprint density at radius 3 is 2.11 bits per heavy atom. The third kappa shape index (κ3) is 3.69. The summed E-state index contributed by atoms with van der Waals surface area (Å²) in [7, 11) is 4.40. The first kappa shape index (κ1) is 19.8. The van der Waals surface area contributed by atoms with Gasteiger partial charge in [0.15, 0.2) is 18.1 Å². The molecule has 0 saturated heterocycles. The number of aromatic nitrogens is 1. The summed E-state index contributed by atoms with van der Waals surface area (Å²) in [6.07, 6.45) is 2.27. The summed E-state index contributed by atoms with van der Waals surface area (Å²) in [5, 5.41) is 0. The van der Waals surface area contributed by atoms with E-state index in [0.717, 1.165) is 24.2 Å². The Bertz CT molecular complexity index is 910. The smallest absolute Gasteiger partial charge is 0.342 e. The number of aryl methyl sites for hydroxylation is 1. The van der Waals surface area contributed by atoms with Crippen LogP contribution in [-0.4, -0.2) is 44.3 Å². The number of ketones is 1. The minimum Gasteiger partial charge on any atom is -0.496 e. The fourth-order valence-corrected chi connectivity index (χ4v) is 3.43. The summed E-state index contributed by atoms with van der Waals surface area (Å²) in [5.74, 6) is 0.186. The van der Waals surface area contributed by atoms with E-state index in [1.807, 2.05) is 19.9 Å². The van der Waals surface area contributed by atoms with Crippen molar-refractivity contribution in [1.29, 1.82) is 0 Å². The topological polar surface area (TPSA) is 76.0 Å². The molecular weight excluding hydrogens is 362 g/mol. The summed E-state index contributed by atoms with van der Waals surface area (Å²) >= 11 is 0. The van der Waals surface area contributed by atoms with Crippen LogP contribution in [-0.2, 0) is 4.74 Å². The number of hydrogen-bond acceptors (Lipinski definition) is 6. The molecular formula is C21H25NO6. The first-order valence-electron chi connectivity index (χ1n) is 9.10. The Morgan fingerprint density at radius 2 is 1.54 bits per heavy atom. The van der Waals surface area contributed by atoms with Crippen LogP contribution in [0.3, 0.4) is 0 Å². The normalized spacial score (nSPS) is 13.2. The van der Waals surface area contributed by atoms with Crippen molar-refractivity contribution >= 4 is 11.8 Å². The van der Waals surface area contributed by atoms with Gasteiger partial charge in [-0.15, -0.1) is 0 Å². The van der Waals surface area contributed by atoms with Crippen LogP contribution in [0.1, 0.15) is 51.0 Å². The molecule has 0 amide bonds. The van der Waals surface area contributed by atoms with E-state index in [4.69, 9.17) is 18.9 Å². The number of hydrogen-bond donors (Lipinski definition) is 0. The van der Waals surface area contributed by atoms with Crippen molar-refractivity contribution in [3.8, 4) is 17.2 Å². The number of methoxy groups -OCH3 is 3. The van der Waals surface area contributed by atoms with Crippen LogP contribution in [0.4, 0.5) is 0 Å². The fourth-order valence-electron chi connectivity index (χ4n) is 3.43. The first-order valence-corrected chi connectivity index (χ1v) is 9.10. The van der Waals surface area contributed by atoms with E-state index < -0.39 is 5.97 Å². The van der Waals surface area contributed by atoms with Gasteiger partial charge in [0.05, 0.1) is 21.3 Å². The van der Waals surface area contributed by atoms with Gasteiger partial charge in [0.2, 0.25) is 5.78 Å². The van der Waals surface area contributed by atoms with Gasteiger partial charge in [0.25, 0.3) is 0 Å². The molecule has 7 nitrogen and oxygen atoms in total. The van der Waals surface area contributed by atoms with Crippen molar-refractivity contribution in [2.75, 3.05) is 27.9 Å². The van der Waals surface area contributed by atoms with Crippen molar-refractivity contribution in [2.24, 2.45) is 0 Å². The Hall–Kier alpha value is -2.96. The highest BCUT2D eigenvalue weighted by Crippen LogP contribution is 2.38. The molecule has 0 spiro atoms. The molecule has 0 unspecified atom stereocenters. The lowest BCUT2D eigenvalue weighted by Gasteiger charge is -2.13. The predicted octanol–water partition coefficient (Wildman–Crippen LogP) is 3.51. The lowest BCUT2D eigenvalue weighted by Crippen LogP contribution is -2.16. The molecule has 3 rings (SSSR count). The number of esters is 1. The third-order valence-electron chi connectivity index (χ3n) is 4.96.